The lowest BCUT2D eigenvalue weighted by Gasteiger charge is -2.24. The highest BCUT2D eigenvalue weighted by atomic mass is 32.2. The second-order valence-corrected chi connectivity index (χ2v) is 6.93. The standard InChI is InChI=1S/C16H15NO5S/c1-9(18)22-11-7-8-16(12(11)13(19)17-15(16)21)23-14(20)10-5-3-2-4-6-10/h2-6,11-12H,7-8H2,1H3,(H,17,19,21). The molecule has 6 nitrogen and oxygen atoms in total. The van der Waals surface area contributed by atoms with Crippen LogP contribution in [0.4, 0.5) is 0 Å². The van der Waals surface area contributed by atoms with Crippen molar-refractivity contribution in [1.82, 2.24) is 5.32 Å². The molecule has 1 saturated heterocycles. The lowest BCUT2D eigenvalue weighted by Crippen LogP contribution is -2.39. The average molecular weight is 333 g/mol. The Hall–Kier alpha value is -2.15. The van der Waals surface area contributed by atoms with Gasteiger partial charge < -0.3 is 4.74 Å². The molecule has 23 heavy (non-hydrogen) atoms. The van der Waals surface area contributed by atoms with Crippen LogP contribution >= 0.6 is 11.8 Å². The van der Waals surface area contributed by atoms with Gasteiger partial charge in [-0.3, -0.25) is 24.5 Å². The minimum atomic E-state index is -1.19. The molecule has 1 aromatic rings. The maximum atomic E-state index is 12.5. The molecule has 2 amide bonds. The van der Waals surface area contributed by atoms with Crippen LogP contribution in [0.1, 0.15) is 30.1 Å². The summed E-state index contributed by atoms with van der Waals surface area (Å²) in [6.45, 7) is 1.26. The molecule has 7 heteroatoms. The Balaban J connectivity index is 1.89. The number of carbonyl (C=O) groups is 4. The van der Waals surface area contributed by atoms with Crippen LogP contribution in [0.25, 0.3) is 0 Å². The molecule has 1 heterocycles. The largest absolute Gasteiger partial charge is 0.462 e. The lowest BCUT2D eigenvalue weighted by molar-refractivity contribution is -0.149. The van der Waals surface area contributed by atoms with E-state index >= 15 is 0 Å². The maximum absolute atomic E-state index is 12.5. The summed E-state index contributed by atoms with van der Waals surface area (Å²) in [4.78, 5) is 48.2. The van der Waals surface area contributed by atoms with Crippen LogP contribution in [-0.2, 0) is 19.1 Å². The van der Waals surface area contributed by atoms with Gasteiger partial charge >= 0.3 is 5.97 Å². The van der Waals surface area contributed by atoms with E-state index in [0.29, 0.717) is 18.4 Å². The maximum Gasteiger partial charge on any atom is 0.302 e. The van der Waals surface area contributed by atoms with Gasteiger partial charge in [0.2, 0.25) is 16.9 Å². The highest BCUT2D eigenvalue weighted by Gasteiger charge is 2.64. The van der Waals surface area contributed by atoms with E-state index in [2.05, 4.69) is 5.32 Å². The summed E-state index contributed by atoms with van der Waals surface area (Å²) in [5, 5.41) is 2.00. The fourth-order valence-corrected chi connectivity index (χ4v) is 4.54. The van der Waals surface area contributed by atoms with Crippen LogP contribution in [0.3, 0.4) is 0 Å². The SMILES string of the molecule is CC(=O)OC1CCC2(SC(=O)c3ccccc3)C(=O)NC(=O)C12. The minimum Gasteiger partial charge on any atom is -0.462 e. The van der Waals surface area contributed by atoms with E-state index in [1.54, 1.807) is 30.3 Å². The first-order valence-corrected chi connectivity index (χ1v) is 8.06. The highest BCUT2D eigenvalue weighted by Crippen LogP contribution is 2.51. The molecular formula is C16H15NO5S. The summed E-state index contributed by atoms with van der Waals surface area (Å²) >= 11 is 0.858. The van der Waals surface area contributed by atoms with Gasteiger partial charge in [0.1, 0.15) is 10.9 Å². The van der Waals surface area contributed by atoms with Crippen molar-refractivity contribution in [2.75, 3.05) is 0 Å². The Morgan fingerprint density at radius 1 is 1.26 bits per heavy atom. The topological polar surface area (TPSA) is 89.5 Å². The molecule has 3 atom stereocenters. The summed E-state index contributed by atoms with van der Waals surface area (Å²) in [6.07, 6.45) is 0.0320. The fourth-order valence-electron chi connectivity index (χ4n) is 3.21. The second kappa shape index (κ2) is 5.81. The Bertz CT molecular complexity index is 689. The molecular weight excluding hydrogens is 318 g/mol. The molecule has 1 N–H and O–H groups in total. The third-order valence-electron chi connectivity index (χ3n) is 4.18. The fraction of sp³-hybridized carbons (Fsp3) is 0.375. The summed E-state index contributed by atoms with van der Waals surface area (Å²) in [6, 6.07) is 8.58. The molecule has 0 radical (unpaired) electrons. The number of nitrogens with one attached hydrogen (secondary N) is 1. The molecule has 0 spiro atoms. The molecule has 1 aromatic carbocycles. The normalized spacial score (nSPS) is 29.1. The van der Waals surface area contributed by atoms with Gasteiger partial charge in [0.25, 0.3) is 0 Å². The second-order valence-electron chi connectivity index (χ2n) is 5.63. The predicted molar refractivity (Wildman–Crippen MR) is 82.5 cm³/mol. The first kappa shape index (κ1) is 15.7. The number of thioether (sulfide) groups is 1. The number of carbonyl (C=O) groups excluding carboxylic acids is 4. The third-order valence-corrected chi connectivity index (χ3v) is 5.61. The Labute approximate surface area is 137 Å². The first-order valence-electron chi connectivity index (χ1n) is 7.25. The summed E-state index contributed by atoms with van der Waals surface area (Å²) in [5.41, 5.74) is 0.466. The van der Waals surface area contributed by atoms with Crippen molar-refractivity contribution in [3.63, 3.8) is 0 Å². The van der Waals surface area contributed by atoms with Crippen molar-refractivity contribution in [3.05, 3.63) is 35.9 Å². The number of hydrogen-bond donors (Lipinski definition) is 1. The van der Waals surface area contributed by atoms with Crippen LogP contribution in [0.15, 0.2) is 30.3 Å². The molecule has 3 unspecified atom stereocenters. The molecule has 120 valence electrons. The quantitative estimate of drug-likeness (QED) is 0.662. The number of benzene rings is 1. The van der Waals surface area contributed by atoms with Gasteiger partial charge in [0, 0.05) is 12.5 Å². The van der Waals surface area contributed by atoms with E-state index in [1.807, 2.05) is 0 Å². The zero-order valence-corrected chi connectivity index (χ0v) is 13.2. The number of rotatable bonds is 3. The molecule has 1 aliphatic carbocycles. The summed E-state index contributed by atoms with van der Waals surface area (Å²) in [7, 11) is 0. The van der Waals surface area contributed by atoms with Gasteiger partial charge in [-0.05, 0) is 12.8 Å². The van der Waals surface area contributed by atoms with Crippen LogP contribution in [0.5, 0.6) is 0 Å². The van der Waals surface area contributed by atoms with Gasteiger partial charge in [-0.25, -0.2) is 0 Å². The zero-order chi connectivity index (χ0) is 16.6. The van der Waals surface area contributed by atoms with Crippen molar-refractivity contribution in [2.45, 2.75) is 30.6 Å². The molecule has 0 aromatic heterocycles. The van der Waals surface area contributed by atoms with E-state index in [0.717, 1.165) is 11.8 Å². The van der Waals surface area contributed by atoms with Gasteiger partial charge in [0.15, 0.2) is 0 Å². The minimum absolute atomic E-state index is 0.274. The van der Waals surface area contributed by atoms with Gasteiger partial charge in [-0.1, -0.05) is 42.1 Å². The number of imide groups is 1. The summed E-state index contributed by atoms with van der Waals surface area (Å²) in [5.74, 6) is -2.28. The zero-order valence-electron chi connectivity index (χ0n) is 12.4. The molecule has 2 aliphatic rings. The lowest BCUT2D eigenvalue weighted by atomic mass is 9.96. The predicted octanol–water partition coefficient (Wildman–Crippen LogP) is 1.30. The molecule has 1 saturated carbocycles. The monoisotopic (exact) mass is 333 g/mol. The van der Waals surface area contributed by atoms with Crippen LogP contribution in [-0.4, -0.2) is 33.7 Å². The van der Waals surface area contributed by atoms with Crippen molar-refractivity contribution < 1.29 is 23.9 Å². The smallest absolute Gasteiger partial charge is 0.302 e. The molecule has 3 rings (SSSR count). The van der Waals surface area contributed by atoms with Crippen molar-refractivity contribution in [2.24, 2.45) is 5.92 Å². The first-order chi connectivity index (χ1) is 10.9. The van der Waals surface area contributed by atoms with E-state index in [4.69, 9.17) is 4.74 Å². The van der Waals surface area contributed by atoms with E-state index in [9.17, 15) is 19.2 Å². The molecule has 2 fully saturated rings. The third kappa shape index (κ3) is 2.65. The van der Waals surface area contributed by atoms with E-state index in [1.165, 1.54) is 6.92 Å². The average Bonchev–Trinajstić information content (AvgIpc) is 2.97. The number of esters is 1. The molecule has 0 bridgehead atoms. The highest BCUT2D eigenvalue weighted by molar-refractivity contribution is 8.16. The van der Waals surface area contributed by atoms with Crippen LogP contribution in [0.2, 0.25) is 0 Å². The number of fused-ring (bicyclic) bond motifs is 1. The van der Waals surface area contributed by atoms with Crippen LogP contribution < -0.4 is 5.32 Å². The van der Waals surface area contributed by atoms with Crippen molar-refractivity contribution >= 4 is 34.7 Å². The number of amides is 2. The van der Waals surface area contributed by atoms with Crippen molar-refractivity contribution in [3.8, 4) is 0 Å². The van der Waals surface area contributed by atoms with Gasteiger partial charge in [0.05, 0.1) is 5.92 Å². The number of hydrogen-bond acceptors (Lipinski definition) is 6. The Kier molecular flexibility index (Phi) is 3.97. The van der Waals surface area contributed by atoms with Crippen molar-refractivity contribution in [1.29, 1.82) is 0 Å². The Morgan fingerprint density at radius 2 is 1.96 bits per heavy atom. The Morgan fingerprint density at radius 3 is 2.61 bits per heavy atom. The van der Waals surface area contributed by atoms with E-state index in [-0.39, 0.29) is 5.12 Å². The van der Waals surface area contributed by atoms with E-state index < -0.39 is 34.6 Å². The van der Waals surface area contributed by atoms with Gasteiger partial charge in [-0.2, -0.15) is 0 Å². The number of ether oxygens (including phenoxy) is 1. The molecule has 1 aliphatic heterocycles. The summed E-state index contributed by atoms with van der Waals surface area (Å²) < 4.78 is 3.99. The van der Waals surface area contributed by atoms with Gasteiger partial charge in [-0.15, -0.1) is 0 Å². The van der Waals surface area contributed by atoms with Crippen LogP contribution in [0, 0.1) is 5.92 Å².